The third kappa shape index (κ3) is 5.01. The molecular weight excluding hydrogens is 374 g/mol. The molecule has 0 bridgehead atoms. The van der Waals surface area contributed by atoms with E-state index in [2.05, 4.69) is 5.32 Å². The lowest BCUT2D eigenvalue weighted by Crippen LogP contribution is -2.22. The lowest BCUT2D eigenvalue weighted by molar-refractivity contribution is 0.0918. The van der Waals surface area contributed by atoms with Crippen LogP contribution in [0.3, 0.4) is 0 Å². The number of methoxy groups -OCH3 is 3. The highest BCUT2D eigenvalue weighted by Gasteiger charge is 2.15. The SMILES string of the molecule is COc1cc(OC)c(OC)cc1CNC(=O)c1ccc(COc2ccccc2)o1. The largest absolute Gasteiger partial charge is 0.496 e. The quantitative estimate of drug-likeness (QED) is 0.591. The lowest BCUT2D eigenvalue weighted by Gasteiger charge is -2.14. The van der Waals surface area contributed by atoms with Crippen molar-refractivity contribution in [2.24, 2.45) is 0 Å². The summed E-state index contributed by atoms with van der Waals surface area (Å²) in [5.41, 5.74) is 0.748. The number of amides is 1. The van der Waals surface area contributed by atoms with Crippen LogP contribution in [-0.4, -0.2) is 27.2 Å². The molecule has 1 N–H and O–H groups in total. The van der Waals surface area contributed by atoms with E-state index in [1.165, 1.54) is 0 Å². The number of carbonyl (C=O) groups is 1. The van der Waals surface area contributed by atoms with Crippen LogP contribution < -0.4 is 24.3 Å². The maximum atomic E-state index is 12.4. The van der Waals surface area contributed by atoms with Crippen molar-refractivity contribution in [3.8, 4) is 23.0 Å². The van der Waals surface area contributed by atoms with Gasteiger partial charge in [-0.25, -0.2) is 0 Å². The Morgan fingerprint density at radius 1 is 0.897 bits per heavy atom. The monoisotopic (exact) mass is 397 g/mol. The number of carbonyl (C=O) groups excluding carboxylic acids is 1. The fraction of sp³-hybridized carbons (Fsp3) is 0.227. The van der Waals surface area contributed by atoms with E-state index in [1.807, 2.05) is 30.3 Å². The standard InChI is InChI=1S/C22H23NO6/c1-25-19-12-21(27-3)20(26-2)11-15(19)13-23-22(24)18-10-9-17(29-18)14-28-16-7-5-4-6-8-16/h4-12H,13-14H2,1-3H3,(H,23,24). The molecule has 1 heterocycles. The molecule has 0 aliphatic carbocycles. The van der Waals surface area contributed by atoms with Crippen molar-refractivity contribution < 1.29 is 28.2 Å². The van der Waals surface area contributed by atoms with Crippen molar-refractivity contribution in [2.75, 3.05) is 21.3 Å². The average Bonchev–Trinajstić information content (AvgIpc) is 3.25. The van der Waals surface area contributed by atoms with Crippen LogP contribution in [0.15, 0.2) is 59.0 Å². The maximum Gasteiger partial charge on any atom is 0.287 e. The number of ether oxygens (including phenoxy) is 4. The van der Waals surface area contributed by atoms with E-state index in [9.17, 15) is 4.79 Å². The van der Waals surface area contributed by atoms with Crippen molar-refractivity contribution in [1.82, 2.24) is 5.32 Å². The van der Waals surface area contributed by atoms with Crippen molar-refractivity contribution in [2.45, 2.75) is 13.2 Å². The fourth-order valence-corrected chi connectivity index (χ4v) is 2.74. The molecule has 0 saturated heterocycles. The van der Waals surface area contributed by atoms with Gasteiger partial charge >= 0.3 is 0 Å². The Morgan fingerprint density at radius 2 is 1.59 bits per heavy atom. The molecule has 0 spiro atoms. The summed E-state index contributed by atoms with van der Waals surface area (Å²) in [6, 6.07) is 16.2. The Balaban J connectivity index is 1.62. The molecule has 1 amide bonds. The average molecular weight is 397 g/mol. The second kappa shape index (κ2) is 9.54. The van der Waals surface area contributed by atoms with Gasteiger partial charge in [-0.3, -0.25) is 4.79 Å². The van der Waals surface area contributed by atoms with Gasteiger partial charge in [0.05, 0.1) is 21.3 Å². The van der Waals surface area contributed by atoms with Gasteiger partial charge in [-0.05, 0) is 30.3 Å². The minimum Gasteiger partial charge on any atom is -0.496 e. The van der Waals surface area contributed by atoms with Crippen molar-refractivity contribution in [1.29, 1.82) is 0 Å². The summed E-state index contributed by atoms with van der Waals surface area (Å²) in [6.07, 6.45) is 0. The summed E-state index contributed by atoms with van der Waals surface area (Å²) in [7, 11) is 4.65. The van der Waals surface area contributed by atoms with Crippen LogP contribution in [0.5, 0.6) is 23.0 Å². The Hall–Kier alpha value is -3.61. The number of para-hydroxylation sites is 1. The minimum atomic E-state index is -0.340. The van der Waals surface area contributed by atoms with E-state index in [0.717, 1.165) is 11.3 Å². The molecule has 0 unspecified atom stereocenters. The van der Waals surface area contributed by atoms with Gasteiger partial charge in [0.15, 0.2) is 17.3 Å². The zero-order valence-electron chi connectivity index (χ0n) is 16.6. The second-order valence-corrected chi connectivity index (χ2v) is 6.07. The third-order valence-electron chi connectivity index (χ3n) is 4.24. The van der Waals surface area contributed by atoms with Crippen molar-refractivity contribution >= 4 is 5.91 Å². The molecule has 0 aliphatic rings. The van der Waals surface area contributed by atoms with Gasteiger partial charge in [0.2, 0.25) is 0 Å². The first-order chi connectivity index (χ1) is 14.1. The summed E-state index contributed by atoms with van der Waals surface area (Å²) in [5, 5.41) is 2.82. The predicted octanol–water partition coefficient (Wildman–Crippen LogP) is 3.81. The Labute approximate surface area is 169 Å². The molecule has 0 radical (unpaired) electrons. The second-order valence-electron chi connectivity index (χ2n) is 6.07. The van der Waals surface area contributed by atoms with Crippen LogP contribution in [0.2, 0.25) is 0 Å². The molecule has 0 atom stereocenters. The van der Waals surface area contributed by atoms with Crippen molar-refractivity contribution in [3.63, 3.8) is 0 Å². The molecule has 0 fully saturated rings. The number of nitrogens with one attached hydrogen (secondary N) is 1. The fourth-order valence-electron chi connectivity index (χ4n) is 2.74. The Bertz CT molecular complexity index is 951. The number of rotatable bonds is 9. The summed E-state index contributed by atoms with van der Waals surface area (Å²) in [4.78, 5) is 12.4. The molecule has 3 rings (SSSR count). The van der Waals surface area contributed by atoms with E-state index in [-0.39, 0.29) is 24.8 Å². The van der Waals surface area contributed by atoms with Crippen molar-refractivity contribution in [3.05, 3.63) is 71.7 Å². The normalized spacial score (nSPS) is 10.3. The molecule has 152 valence electrons. The van der Waals surface area contributed by atoms with E-state index in [0.29, 0.717) is 23.0 Å². The van der Waals surface area contributed by atoms with E-state index >= 15 is 0 Å². The summed E-state index contributed by atoms with van der Waals surface area (Å²) >= 11 is 0. The lowest BCUT2D eigenvalue weighted by atomic mass is 10.1. The van der Waals surface area contributed by atoms with E-state index in [1.54, 1.807) is 45.6 Å². The highest BCUT2D eigenvalue weighted by atomic mass is 16.5. The molecule has 3 aromatic rings. The number of benzene rings is 2. The molecule has 0 aliphatic heterocycles. The van der Waals surface area contributed by atoms with Crippen LogP contribution >= 0.6 is 0 Å². The molecule has 2 aromatic carbocycles. The summed E-state index contributed by atoms with van der Waals surface area (Å²) < 4.78 is 27.2. The van der Waals surface area contributed by atoms with E-state index in [4.69, 9.17) is 23.4 Å². The number of hydrogen-bond acceptors (Lipinski definition) is 6. The highest BCUT2D eigenvalue weighted by molar-refractivity contribution is 5.91. The summed E-state index contributed by atoms with van der Waals surface area (Å²) in [5.74, 6) is 2.84. The first-order valence-corrected chi connectivity index (χ1v) is 8.98. The van der Waals surface area contributed by atoms with Gasteiger partial charge in [0.25, 0.3) is 5.91 Å². The van der Waals surface area contributed by atoms with Gasteiger partial charge in [0.1, 0.15) is 23.9 Å². The topological polar surface area (TPSA) is 79.2 Å². The number of furan rings is 1. The smallest absolute Gasteiger partial charge is 0.287 e. The van der Waals surface area contributed by atoms with E-state index < -0.39 is 0 Å². The highest BCUT2D eigenvalue weighted by Crippen LogP contribution is 2.34. The van der Waals surface area contributed by atoms with Gasteiger partial charge in [-0.1, -0.05) is 18.2 Å². The first-order valence-electron chi connectivity index (χ1n) is 8.98. The summed E-state index contributed by atoms with van der Waals surface area (Å²) in [6.45, 7) is 0.472. The maximum absolute atomic E-state index is 12.4. The van der Waals surface area contributed by atoms with Gasteiger partial charge in [-0.2, -0.15) is 0 Å². The minimum absolute atomic E-state index is 0.205. The van der Waals surface area contributed by atoms with Gasteiger partial charge in [-0.15, -0.1) is 0 Å². The van der Waals surface area contributed by atoms with Gasteiger partial charge < -0.3 is 28.7 Å². The Morgan fingerprint density at radius 3 is 2.28 bits per heavy atom. The molecule has 1 aromatic heterocycles. The van der Waals surface area contributed by atoms with Crippen LogP contribution in [0.25, 0.3) is 0 Å². The predicted molar refractivity (Wildman–Crippen MR) is 107 cm³/mol. The van der Waals surface area contributed by atoms with Crippen LogP contribution in [0.1, 0.15) is 21.9 Å². The van der Waals surface area contributed by atoms with Gasteiger partial charge in [0, 0.05) is 18.2 Å². The molecular formula is C22H23NO6. The number of hydrogen-bond donors (Lipinski definition) is 1. The molecule has 0 saturated carbocycles. The molecule has 29 heavy (non-hydrogen) atoms. The Kier molecular flexibility index (Phi) is 6.63. The zero-order valence-corrected chi connectivity index (χ0v) is 16.6. The van der Waals surface area contributed by atoms with Crippen LogP contribution in [-0.2, 0) is 13.2 Å². The molecule has 7 heteroatoms. The van der Waals surface area contributed by atoms with Crippen LogP contribution in [0, 0.1) is 0 Å². The molecule has 7 nitrogen and oxygen atoms in total. The third-order valence-corrected chi connectivity index (χ3v) is 4.24. The first kappa shape index (κ1) is 20.1. The van der Waals surface area contributed by atoms with Crippen LogP contribution in [0.4, 0.5) is 0 Å². The zero-order chi connectivity index (χ0) is 20.6.